The Morgan fingerprint density at radius 3 is 2.67 bits per heavy atom. The summed E-state index contributed by atoms with van der Waals surface area (Å²) in [6.07, 6.45) is 0.422. The van der Waals surface area contributed by atoms with Crippen molar-refractivity contribution in [3.63, 3.8) is 0 Å². The normalized spacial score (nSPS) is 11.7. The number of carbonyl (C=O) groups excluding carboxylic acids is 1. The highest BCUT2D eigenvalue weighted by molar-refractivity contribution is 8.00. The molecule has 0 saturated heterocycles. The Morgan fingerprint density at radius 1 is 1.30 bits per heavy atom. The third-order valence-corrected chi connectivity index (χ3v) is 5.59. The van der Waals surface area contributed by atoms with Gasteiger partial charge in [0, 0.05) is 12.1 Å². The van der Waals surface area contributed by atoms with E-state index in [1.807, 2.05) is 13.0 Å². The molecule has 30 heavy (non-hydrogen) atoms. The van der Waals surface area contributed by atoms with Gasteiger partial charge in [0.2, 0.25) is 11.6 Å². The van der Waals surface area contributed by atoms with Gasteiger partial charge in [-0.05, 0) is 41.1 Å². The van der Waals surface area contributed by atoms with Crippen molar-refractivity contribution in [1.82, 2.24) is 5.27 Å². The molecule has 156 valence electrons. The average molecular weight is 429 g/mol. The van der Waals surface area contributed by atoms with Crippen LogP contribution in [0.15, 0.2) is 58.1 Å². The first-order valence-corrected chi connectivity index (χ1v) is 9.85. The third-order valence-electron chi connectivity index (χ3n) is 4.20. The minimum Gasteiger partial charge on any atom is -0.538 e. The standard InChI is InChI=1S/C20H19N3O6S/c1-3-16(17(24)21-14-10-9-12(19(25)26)11-15(14)28-2)30-18-20(27)29-22-23(18)13-7-5-4-6-8-13/h4-11,16H,3H2,1-2H3,(H2-,21,22,24,25,26,27). The number of para-hydroxylation sites is 1. The van der Waals surface area contributed by atoms with Gasteiger partial charge < -0.3 is 24.8 Å². The summed E-state index contributed by atoms with van der Waals surface area (Å²) in [6, 6.07) is 13.1. The third kappa shape index (κ3) is 4.54. The molecule has 0 spiro atoms. The number of hydrogen-bond acceptors (Lipinski definition) is 7. The highest BCUT2D eigenvalue weighted by Gasteiger charge is 2.28. The molecular formula is C20H19N3O6S. The molecule has 1 heterocycles. The molecule has 2 N–H and O–H groups in total. The molecule has 0 aliphatic carbocycles. The summed E-state index contributed by atoms with van der Waals surface area (Å²) in [6.45, 7) is 1.81. The highest BCUT2D eigenvalue weighted by Crippen LogP contribution is 2.31. The smallest absolute Gasteiger partial charge is 0.335 e. The van der Waals surface area contributed by atoms with E-state index < -0.39 is 17.2 Å². The number of carboxylic acids is 1. The number of nitrogens with zero attached hydrogens (tertiary/aromatic N) is 2. The molecule has 10 heteroatoms. The quantitative estimate of drug-likeness (QED) is 0.412. The first-order chi connectivity index (χ1) is 14.4. The predicted molar refractivity (Wildman–Crippen MR) is 106 cm³/mol. The summed E-state index contributed by atoms with van der Waals surface area (Å²) in [5.41, 5.74) is 0.998. The number of rotatable bonds is 8. The number of carboxylic acid groups (broad SMARTS) is 1. The van der Waals surface area contributed by atoms with Crippen LogP contribution in [0.2, 0.25) is 0 Å². The van der Waals surface area contributed by atoms with Gasteiger partial charge in [-0.1, -0.05) is 25.1 Å². The molecule has 2 aromatic carbocycles. The molecule has 3 rings (SSSR count). The number of carbonyl (C=O) groups is 2. The monoisotopic (exact) mass is 429 g/mol. The van der Waals surface area contributed by atoms with E-state index in [1.165, 1.54) is 30.0 Å². The van der Waals surface area contributed by atoms with Crippen molar-refractivity contribution in [2.45, 2.75) is 23.6 Å². The number of nitrogens with one attached hydrogen (secondary N) is 1. The lowest BCUT2D eigenvalue weighted by Gasteiger charge is -2.15. The molecule has 1 unspecified atom stereocenters. The van der Waals surface area contributed by atoms with E-state index in [4.69, 9.17) is 14.4 Å². The lowest BCUT2D eigenvalue weighted by Crippen LogP contribution is -2.36. The van der Waals surface area contributed by atoms with E-state index in [1.54, 1.807) is 24.3 Å². The van der Waals surface area contributed by atoms with Crippen molar-refractivity contribution in [3.05, 3.63) is 54.1 Å². The molecule has 0 aliphatic rings. The second-order valence-electron chi connectivity index (χ2n) is 6.14. The van der Waals surface area contributed by atoms with Crippen LogP contribution in [0.4, 0.5) is 5.69 Å². The van der Waals surface area contributed by atoms with Crippen molar-refractivity contribution >= 4 is 29.3 Å². The summed E-state index contributed by atoms with van der Waals surface area (Å²) in [7, 11) is 1.38. The fourth-order valence-corrected chi connectivity index (χ4v) is 3.64. The average Bonchev–Trinajstić information content (AvgIpc) is 3.12. The first kappa shape index (κ1) is 21.2. The van der Waals surface area contributed by atoms with Gasteiger partial charge in [0.25, 0.3) is 5.03 Å². The van der Waals surface area contributed by atoms with Crippen molar-refractivity contribution in [2.75, 3.05) is 12.4 Å². The van der Waals surface area contributed by atoms with Crippen molar-refractivity contribution in [2.24, 2.45) is 0 Å². The molecule has 0 aliphatic heterocycles. The van der Waals surface area contributed by atoms with Crippen molar-refractivity contribution in [1.29, 1.82) is 0 Å². The van der Waals surface area contributed by atoms with Crippen LogP contribution in [0, 0.1) is 0 Å². The van der Waals surface area contributed by atoms with Crippen LogP contribution in [0.5, 0.6) is 11.7 Å². The van der Waals surface area contributed by atoms with Crippen molar-refractivity contribution < 1.29 is 33.7 Å². The number of hydrogen-bond donors (Lipinski definition) is 2. The Labute approximate surface area is 176 Å². The molecule has 3 aromatic rings. The molecular weight excluding hydrogens is 410 g/mol. The number of aromatic nitrogens is 2. The number of aromatic carboxylic acids is 1. The van der Waals surface area contributed by atoms with Crippen LogP contribution in [-0.2, 0) is 4.79 Å². The number of anilines is 1. The van der Waals surface area contributed by atoms with E-state index in [2.05, 4.69) is 10.6 Å². The fraction of sp³-hybridized carbons (Fsp3) is 0.200. The summed E-state index contributed by atoms with van der Waals surface area (Å²) < 4.78 is 11.3. The fourth-order valence-electron chi connectivity index (χ4n) is 2.67. The van der Waals surface area contributed by atoms with Gasteiger partial charge in [-0.15, -0.1) is 0 Å². The van der Waals surface area contributed by atoms with Crippen molar-refractivity contribution in [3.8, 4) is 17.4 Å². The minimum absolute atomic E-state index is 0.0376. The summed E-state index contributed by atoms with van der Waals surface area (Å²) >= 11 is 1.04. The first-order valence-electron chi connectivity index (χ1n) is 8.97. The highest BCUT2D eigenvalue weighted by atomic mass is 32.2. The molecule has 1 amide bonds. The number of ether oxygens (including phenoxy) is 1. The number of thioether (sulfide) groups is 1. The van der Waals surface area contributed by atoms with Crippen LogP contribution in [-0.4, -0.2) is 34.6 Å². The second kappa shape index (κ2) is 9.31. The van der Waals surface area contributed by atoms with Gasteiger partial charge in [-0.3, -0.25) is 4.79 Å². The molecule has 1 atom stereocenters. The van der Waals surface area contributed by atoms with Gasteiger partial charge >= 0.3 is 5.97 Å². The Bertz CT molecular complexity index is 1050. The Kier molecular flexibility index (Phi) is 6.58. The zero-order chi connectivity index (χ0) is 21.7. The van der Waals surface area contributed by atoms with Crippen LogP contribution in [0.1, 0.15) is 23.7 Å². The zero-order valence-corrected chi connectivity index (χ0v) is 17.0. The predicted octanol–water partition coefficient (Wildman–Crippen LogP) is 2.24. The summed E-state index contributed by atoms with van der Waals surface area (Å²) in [5, 5.41) is 27.3. The number of amides is 1. The maximum Gasteiger partial charge on any atom is 0.335 e. The maximum atomic E-state index is 12.8. The Balaban J connectivity index is 1.82. The van der Waals surface area contributed by atoms with E-state index in [0.717, 1.165) is 11.8 Å². The van der Waals surface area contributed by atoms with E-state index in [-0.39, 0.29) is 22.2 Å². The van der Waals surface area contributed by atoms with E-state index in [9.17, 15) is 14.7 Å². The maximum absolute atomic E-state index is 12.8. The molecule has 0 bridgehead atoms. The summed E-state index contributed by atoms with van der Waals surface area (Å²) in [4.78, 5) is 24.0. The topological polar surface area (TPSA) is 129 Å². The Morgan fingerprint density at radius 2 is 2.03 bits per heavy atom. The number of benzene rings is 2. The minimum atomic E-state index is -1.10. The van der Waals surface area contributed by atoms with E-state index >= 15 is 0 Å². The SMILES string of the molecule is CCC(Sc1c([O-])on[n+]1-c1ccccc1)C(=O)Nc1ccc(C(=O)O)cc1OC. The van der Waals surface area contributed by atoms with Gasteiger partial charge in [-0.25, -0.2) is 4.79 Å². The molecule has 0 radical (unpaired) electrons. The molecule has 0 fully saturated rings. The van der Waals surface area contributed by atoms with Gasteiger partial charge in [0.15, 0.2) is 5.95 Å². The lowest BCUT2D eigenvalue weighted by atomic mass is 10.2. The van der Waals surface area contributed by atoms with E-state index in [0.29, 0.717) is 17.8 Å². The van der Waals surface area contributed by atoms with Crippen LogP contribution in [0.3, 0.4) is 0 Å². The van der Waals surface area contributed by atoms with Crippen LogP contribution in [0.25, 0.3) is 5.69 Å². The van der Waals surface area contributed by atoms with Crippen LogP contribution < -0.4 is 19.8 Å². The van der Waals surface area contributed by atoms with Crippen LogP contribution >= 0.6 is 11.8 Å². The zero-order valence-electron chi connectivity index (χ0n) is 16.2. The molecule has 1 aromatic heterocycles. The number of methoxy groups -OCH3 is 1. The molecule has 0 saturated carbocycles. The second-order valence-corrected chi connectivity index (χ2v) is 7.33. The largest absolute Gasteiger partial charge is 0.538 e. The summed E-state index contributed by atoms with van der Waals surface area (Å²) in [5.74, 6) is -1.89. The Hall–Kier alpha value is -3.53. The van der Waals surface area contributed by atoms with Gasteiger partial charge in [-0.2, -0.15) is 0 Å². The molecule has 9 nitrogen and oxygen atoms in total. The lowest BCUT2D eigenvalue weighted by molar-refractivity contribution is -0.705. The van der Waals surface area contributed by atoms with Gasteiger partial charge in [0.1, 0.15) is 5.75 Å². The van der Waals surface area contributed by atoms with Gasteiger partial charge in [0.05, 0.1) is 28.9 Å².